The van der Waals surface area contributed by atoms with Crippen LogP contribution in [0.3, 0.4) is 0 Å². The molecule has 116 valence electrons. The molecule has 22 heavy (non-hydrogen) atoms. The monoisotopic (exact) mass is 363 g/mol. The molecule has 0 saturated carbocycles. The number of nitrogens with zero attached hydrogens (tertiary/aromatic N) is 2. The van der Waals surface area contributed by atoms with Gasteiger partial charge in [0.05, 0.1) is 5.69 Å². The molecule has 1 saturated heterocycles. The van der Waals surface area contributed by atoms with Gasteiger partial charge in [0.15, 0.2) is 0 Å². The molecule has 1 N–H and O–H groups in total. The summed E-state index contributed by atoms with van der Waals surface area (Å²) >= 11 is 3.50. The van der Waals surface area contributed by atoms with Gasteiger partial charge >= 0.3 is 0 Å². The Kier molecular flexibility index (Phi) is 4.47. The summed E-state index contributed by atoms with van der Waals surface area (Å²) in [6, 6.07) is 9.95. The number of carbonyl (C=O) groups is 1. The number of amides is 1. The number of hydrogen-bond acceptors (Lipinski definition) is 4. The average molecular weight is 364 g/mol. The predicted molar refractivity (Wildman–Crippen MR) is 88.0 cm³/mol. The summed E-state index contributed by atoms with van der Waals surface area (Å²) in [4.78, 5) is 14.3. The fourth-order valence-corrected chi connectivity index (χ4v) is 3.09. The van der Waals surface area contributed by atoms with Crippen LogP contribution in [0.2, 0.25) is 0 Å². The maximum Gasteiger partial charge on any atom is 0.289 e. The van der Waals surface area contributed by atoms with E-state index in [1.807, 2.05) is 12.1 Å². The second-order valence-corrected chi connectivity index (χ2v) is 6.54. The molecular weight excluding hydrogens is 346 g/mol. The number of aryl methyl sites for hydroxylation is 1. The van der Waals surface area contributed by atoms with Crippen LogP contribution >= 0.6 is 15.9 Å². The molecule has 1 fully saturated rings. The maximum absolute atomic E-state index is 11.9. The quantitative estimate of drug-likeness (QED) is 0.906. The second-order valence-electron chi connectivity index (χ2n) is 5.62. The van der Waals surface area contributed by atoms with E-state index in [0.717, 1.165) is 24.0 Å². The van der Waals surface area contributed by atoms with Crippen LogP contribution in [-0.4, -0.2) is 30.7 Å². The van der Waals surface area contributed by atoms with Gasteiger partial charge in [-0.15, -0.1) is 0 Å². The molecule has 2 aromatic rings. The van der Waals surface area contributed by atoms with Gasteiger partial charge in [-0.05, 0) is 37.5 Å². The number of benzene rings is 1. The zero-order valence-corrected chi connectivity index (χ0v) is 14.0. The lowest BCUT2D eigenvalue weighted by atomic mass is 10.1. The van der Waals surface area contributed by atoms with E-state index >= 15 is 0 Å². The number of aromatic nitrogens is 1. The first-order valence-corrected chi connectivity index (χ1v) is 8.13. The van der Waals surface area contributed by atoms with Crippen LogP contribution in [0, 0.1) is 12.8 Å². The Hall–Kier alpha value is -1.82. The predicted octanol–water partition coefficient (Wildman–Crippen LogP) is 3.00. The Bertz CT molecular complexity index is 671. The highest BCUT2D eigenvalue weighted by Crippen LogP contribution is 2.25. The molecule has 1 aliphatic rings. The van der Waals surface area contributed by atoms with Gasteiger partial charge in [0, 0.05) is 35.9 Å². The zero-order valence-electron chi connectivity index (χ0n) is 12.4. The van der Waals surface area contributed by atoms with Crippen molar-refractivity contribution in [1.29, 1.82) is 0 Å². The molecule has 0 bridgehead atoms. The van der Waals surface area contributed by atoms with E-state index in [2.05, 4.69) is 43.4 Å². The van der Waals surface area contributed by atoms with Crippen LogP contribution in [-0.2, 0) is 0 Å². The zero-order chi connectivity index (χ0) is 15.5. The number of anilines is 1. The SMILES string of the molecule is Cc1cc(C(=O)NCC2CCN(c3cccc(Br)c3)C2)on1. The fraction of sp³-hybridized carbons (Fsp3) is 0.375. The van der Waals surface area contributed by atoms with Gasteiger partial charge in [-0.25, -0.2) is 0 Å². The molecule has 0 radical (unpaired) electrons. The van der Waals surface area contributed by atoms with E-state index in [4.69, 9.17) is 4.52 Å². The lowest BCUT2D eigenvalue weighted by Crippen LogP contribution is -2.30. The molecule has 2 heterocycles. The number of rotatable bonds is 4. The molecule has 5 nitrogen and oxygen atoms in total. The van der Waals surface area contributed by atoms with Crippen LogP contribution in [0.5, 0.6) is 0 Å². The van der Waals surface area contributed by atoms with Gasteiger partial charge in [0.1, 0.15) is 0 Å². The summed E-state index contributed by atoms with van der Waals surface area (Å²) in [5.74, 6) is 0.535. The number of nitrogens with one attached hydrogen (secondary N) is 1. The maximum atomic E-state index is 11.9. The minimum Gasteiger partial charge on any atom is -0.371 e. The average Bonchev–Trinajstić information content (AvgIpc) is 3.14. The van der Waals surface area contributed by atoms with Crippen molar-refractivity contribution >= 4 is 27.5 Å². The molecule has 1 aliphatic heterocycles. The van der Waals surface area contributed by atoms with Crippen molar-refractivity contribution in [2.45, 2.75) is 13.3 Å². The molecule has 0 aliphatic carbocycles. The van der Waals surface area contributed by atoms with E-state index in [1.54, 1.807) is 13.0 Å². The third-order valence-electron chi connectivity index (χ3n) is 3.86. The largest absolute Gasteiger partial charge is 0.371 e. The van der Waals surface area contributed by atoms with Crippen LogP contribution in [0.4, 0.5) is 5.69 Å². The van der Waals surface area contributed by atoms with Crippen LogP contribution in [0.25, 0.3) is 0 Å². The topological polar surface area (TPSA) is 58.4 Å². The van der Waals surface area contributed by atoms with Gasteiger partial charge in [-0.3, -0.25) is 4.79 Å². The Morgan fingerprint density at radius 3 is 3.09 bits per heavy atom. The van der Waals surface area contributed by atoms with Gasteiger partial charge in [0.2, 0.25) is 5.76 Å². The Morgan fingerprint density at radius 1 is 1.50 bits per heavy atom. The van der Waals surface area contributed by atoms with Crippen molar-refractivity contribution in [2.24, 2.45) is 5.92 Å². The van der Waals surface area contributed by atoms with Crippen LogP contribution in [0.1, 0.15) is 22.7 Å². The van der Waals surface area contributed by atoms with Crippen LogP contribution in [0.15, 0.2) is 39.3 Å². The van der Waals surface area contributed by atoms with E-state index in [0.29, 0.717) is 18.2 Å². The van der Waals surface area contributed by atoms with Crippen molar-refractivity contribution in [3.8, 4) is 0 Å². The number of halogens is 1. The lowest BCUT2D eigenvalue weighted by molar-refractivity contribution is 0.0911. The summed E-state index contributed by atoms with van der Waals surface area (Å²) in [5, 5.41) is 6.66. The number of hydrogen-bond donors (Lipinski definition) is 1. The van der Waals surface area contributed by atoms with E-state index in [-0.39, 0.29) is 11.7 Å². The summed E-state index contributed by atoms with van der Waals surface area (Å²) in [5.41, 5.74) is 1.93. The molecule has 3 rings (SSSR count). The minimum atomic E-state index is -0.193. The Balaban J connectivity index is 1.52. The standard InChI is InChI=1S/C16H18BrN3O2/c1-11-7-15(22-19-11)16(21)18-9-12-5-6-20(10-12)14-4-2-3-13(17)8-14/h2-4,7-8,12H,5-6,9-10H2,1H3,(H,18,21). The highest BCUT2D eigenvalue weighted by molar-refractivity contribution is 9.10. The third-order valence-corrected chi connectivity index (χ3v) is 4.36. The summed E-state index contributed by atoms with van der Waals surface area (Å²) in [6.45, 7) is 4.42. The van der Waals surface area contributed by atoms with Crippen molar-refractivity contribution in [1.82, 2.24) is 10.5 Å². The molecule has 6 heteroatoms. The lowest BCUT2D eigenvalue weighted by Gasteiger charge is -2.19. The first kappa shape index (κ1) is 15.1. The normalized spacial score (nSPS) is 17.7. The molecular formula is C16H18BrN3O2. The summed E-state index contributed by atoms with van der Waals surface area (Å²) < 4.78 is 6.05. The number of carbonyl (C=O) groups excluding carboxylic acids is 1. The van der Waals surface area contributed by atoms with E-state index in [9.17, 15) is 4.79 Å². The highest BCUT2D eigenvalue weighted by atomic mass is 79.9. The molecule has 1 atom stereocenters. The first-order chi connectivity index (χ1) is 10.6. The first-order valence-electron chi connectivity index (χ1n) is 7.34. The van der Waals surface area contributed by atoms with Gasteiger partial charge in [-0.1, -0.05) is 27.2 Å². The smallest absolute Gasteiger partial charge is 0.289 e. The van der Waals surface area contributed by atoms with Crippen molar-refractivity contribution < 1.29 is 9.32 Å². The summed E-state index contributed by atoms with van der Waals surface area (Å²) in [7, 11) is 0. The fourth-order valence-electron chi connectivity index (χ4n) is 2.70. The minimum absolute atomic E-state index is 0.193. The Labute approximate surface area is 137 Å². The molecule has 1 unspecified atom stereocenters. The molecule has 1 aromatic heterocycles. The van der Waals surface area contributed by atoms with Crippen molar-refractivity contribution in [3.05, 3.63) is 46.3 Å². The molecule has 1 amide bonds. The second kappa shape index (κ2) is 6.52. The highest BCUT2D eigenvalue weighted by Gasteiger charge is 2.23. The van der Waals surface area contributed by atoms with Gasteiger partial charge in [0.25, 0.3) is 5.91 Å². The van der Waals surface area contributed by atoms with Crippen molar-refractivity contribution in [2.75, 3.05) is 24.5 Å². The van der Waals surface area contributed by atoms with Crippen molar-refractivity contribution in [3.63, 3.8) is 0 Å². The third kappa shape index (κ3) is 3.50. The van der Waals surface area contributed by atoms with Gasteiger partial charge < -0.3 is 14.7 Å². The van der Waals surface area contributed by atoms with Crippen LogP contribution < -0.4 is 10.2 Å². The summed E-state index contributed by atoms with van der Waals surface area (Å²) in [6.07, 6.45) is 1.07. The molecule has 1 aromatic carbocycles. The van der Waals surface area contributed by atoms with E-state index < -0.39 is 0 Å². The molecule has 0 spiro atoms. The van der Waals surface area contributed by atoms with E-state index in [1.165, 1.54) is 5.69 Å². The van der Waals surface area contributed by atoms with Gasteiger partial charge in [-0.2, -0.15) is 0 Å². The Morgan fingerprint density at radius 2 is 2.36 bits per heavy atom.